The van der Waals surface area contributed by atoms with Crippen molar-refractivity contribution in [1.29, 1.82) is 0 Å². The number of halogens is 3. The summed E-state index contributed by atoms with van der Waals surface area (Å²) in [5.74, 6) is 1.86. The van der Waals surface area contributed by atoms with Crippen molar-refractivity contribution >= 4 is 17.3 Å². The Labute approximate surface area is 150 Å². The summed E-state index contributed by atoms with van der Waals surface area (Å²) in [5, 5.41) is 2.97. The molecule has 1 aromatic carbocycles. The lowest BCUT2D eigenvalue weighted by atomic mass is 10.2. The molecule has 0 atom stereocenters. The normalized spacial score (nSPS) is 16.0. The zero-order valence-corrected chi connectivity index (χ0v) is 14.8. The first kappa shape index (κ1) is 18.4. The number of aryl methyl sites for hydroxylation is 1. The minimum atomic E-state index is -4.37. The van der Waals surface area contributed by atoms with E-state index in [1.54, 1.807) is 19.1 Å². The fourth-order valence-corrected chi connectivity index (χ4v) is 2.99. The molecule has 1 aromatic heterocycles. The highest BCUT2D eigenvalue weighted by molar-refractivity contribution is 5.60. The van der Waals surface area contributed by atoms with Crippen molar-refractivity contribution in [2.75, 3.05) is 42.9 Å². The molecule has 0 bridgehead atoms. The molecule has 26 heavy (non-hydrogen) atoms. The number of nitrogens with zero attached hydrogens (tertiary/aromatic N) is 4. The van der Waals surface area contributed by atoms with Gasteiger partial charge in [0.1, 0.15) is 17.5 Å². The van der Waals surface area contributed by atoms with Crippen LogP contribution in [0.2, 0.25) is 0 Å². The fraction of sp³-hybridized carbons (Fsp3) is 0.444. The van der Waals surface area contributed by atoms with Crippen molar-refractivity contribution in [1.82, 2.24) is 14.9 Å². The maximum Gasteiger partial charge on any atom is 0.416 e. The lowest BCUT2D eigenvalue weighted by Gasteiger charge is -2.34. The van der Waals surface area contributed by atoms with Crippen molar-refractivity contribution in [2.45, 2.75) is 20.0 Å². The molecule has 0 unspecified atom stereocenters. The van der Waals surface area contributed by atoms with Crippen molar-refractivity contribution < 1.29 is 13.2 Å². The van der Waals surface area contributed by atoms with Crippen LogP contribution in [0.4, 0.5) is 30.5 Å². The summed E-state index contributed by atoms with van der Waals surface area (Å²) in [5.41, 5.74) is -0.344. The highest BCUT2D eigenvalue weighted by Gasteiger charge is 2.30. The third kappa shape index (κ3) is 4.43. The molecular weight excluding hydrogens is 343 g/mol. The summed E-state index contributed by atoms with van der Waals surface area (Å²) >= 11 is 0. The predicted octanol–water partition coefficient (Wildman–Crippen LogP) is 3.69. The average Bonchev–Trinajstić information content (AvgIpc) is 2.61. The topological polar surface area (TPSA) is 44.3 Å². The van der Waals surface area contributed by atoms with E-state index in [-0.39, 0.29) is 0 Å². The number of likely N-dealkylation sites (N-methyl/N-ethyl adjacent to an activating group) is 1. The van der Waals surface area contributed by atoms with Gasteiger partial charge in [-0.05, 0) is 31.7 Å². The molecule has 8 heteroatoms. The van der Waals surface area contributed by atoms with E-state index in [0.717, 1.165) is 50.7 Å². The van der Waals surface area contributed by atoms with Crippen molar-refractivity contribution in [3.8, 4) is 0 Å². The van der Waals surface area contributed by atoms with Crippen molar-refractivity contribution in [3.05, 3.63) is 41.7 Å². The predicted molar refractivity (Wildman–Crippen MR) is 95.8 cm³/mol. The quantitative estimate of drug-likeness (QED) is 0.895. The molecule has 2 heterocycles. The minimum absolute atomic E-state index is 0.347. The number of rotatable bonds is 4. The SMILES string of the molecule is CCN1CCN(c2cc(Nc3cccc(C(F)(F)F)c3)nc(C)n2)CC1. The third-order valence-corrected chi connectivity index (χ3v) is 4.43. The highest BCUT2D eigenvalue weighted by Crippen LogP contribution is 2.31. The Bertz CT molecular complexity index is 755. The molecule has 3 rings (SSSR count). The van der Waals surface area contributed by atoms with E-state index in [1.165, 1.54) is 6.07 Å². The van der Waals surface area contributed by atoms with Gasteiger partial charge in [-0.1, -0.05) is 13.0 Å². The Kier molecular flexibility index (Phi) is 5.31. The summed E-state index contributed by atoms with van der Waals surface area (Å²) in [6, 6.07) is 6.89. The molecule has 1 N–H and O–H groups in total. The van der Waals surface area contributed by atoms with E-state index >= 15 is 0 Å². The van der Waals surface area contributed by atoms with Gasteiger partial charge >= 0.3 is 6.18 Å². The van der Waals surface area contributed by atoms with Gasteiger partial charge in [0.25, 0.3) is 0 Å². The monoisotopic (exact) mass is 365 g/mol. The van der Waals surface area contributed by atoms with E-state index in [9.17, 15) is 13.2 Å². The summed E-state index contributed by atoms with van der Waals surface area (Å²) in [6.45, 7) is 8.62. The van der Waals surface area contributed by atoms with Gasteiger partial charge in [-0.15, -0.1) is 0 Å². The lowest BCUT2D eigenvalue weighted by molar-refractivity contribution is -0.137. The van der Waals surface area contributed by atoms with E-state index in [4.69, 9.17) is 0 Å². The molecule has 1 aliphatic heterocycles. The molecule has 2 aromatic rings. The number of alkyl halides is 3. The molecule has 0 saturated carbocycles. The summed E-state index contributed by atoms with van der Waals surface area (Å²) in [6.07, 6.45) is -4.37. The number of benzene rings is 1. The maximum atomic E-state index is 12.9. The minimum Gasteiger partial charge on any atom is -0.354 e. The van der Waals surface area contributed by atoms with Crippen LogP contribution in [0, 0.1) is 6.92 Å². The molecule has 0 radical (unpaired) electrons. The Hall–Kier alpha value is -2.35. The van der Waals surface area contributed by atoms with Crippen LogP contribution in [0.5, 0.6) is 0 Å². The Morgan fingerprint density at radius 2 is 1.81 bits per heavy atom. The number of hydrogen-bond donors (Lipinski definition) is 1. The van der Waals surface area contributed by atoms with Gasteiger partial charge in [0, 0.05) is 37.9 Å². The van der Waals surface area contributed by atoms with Crippen LogP contribution >= 0.6 is 0 Å². The summed E-state index contributed by atoms with van der Waals surface area (Å²) < 4.78 is 38.6. The summed E-state index contributed by atoms with van der Waals surface area (Å²) in [7, 11) is 0. The number of anilines is 3. The zero-order chi connectivity index (χ0) is 18.7. The van der Waals surface area contributed by atoms with Crippen LogP contribution in [0.25, 0.3) is 0 Å². The van der Waals surface area contributed by atoms with Gasteiger partial charge in [0.2, 0.25) is 0 Å². The largest absolute Gasteiger partial charge is 0.416 e. The Morgan fingerprint density at radius 1 is 1.08 bits per heavy atom. The first-order valence-electron chi connectivity index (χ1n) is 8.62. The zero-order valence-electron chi connectivity index (χ0n) is 14.8. The second kappa shape index (κ2) is 7.49. The van der Waals surface area contributed by atoms with Gasteiger partial charge < -0.3 is 15.1 Å². The first-order chi connectivity index (χ1) is 12.3. The van der Waals surface area contributed by atoms with E-state index in [0.29, 0.717) is 17.3 Å². The number of piperazine rings is 1. The fourth-order valence-electron chi connectivity index (χ4n) is 2.99. The number of aromatic nitrogens is 2. The highest BCUT2D eigenvalue weighted by atomic mass is 19.4. The third-order valence-electron chi connectivity index (χ3n) is 4.43. The van der Waals surface area contributed by atoms with Gasteiger partial charge in [0.15, 0.2) is 0 Å². The molecule has 1 aliphatic rings. The Balaban J connectivity index is 1.78. The molecule has 140 valence electrons. The van der Waals surface area contributed by atoms with Crippen molar-refractivity contribution in [2.24, 2.45) is 0 Å². The van der Waals surface area contributed by atoms with Crippen molar-refractivity contribution in [3.63, 3.8) is 0 Å². The van der Waals surface area contributed by atoms with E-state index in [2.05, 4.69) is 32.0 Å². The van der Waals surface area contributed by atoms with Crippen LogP contribution < -0.4 is 10.2 Å². The van der Waals surface area contributed by atoms with Crippen LogP contribution in [0.1, 0.15) is 18.3 Å². The first-order valence-corrected chi connectivity index (χ1v) is 8.62. The molecular formula is C18H22F3N5. The standard InChI is InChI=1S/C18H22F3N5/c1-3-25-7-9-26(10-8-25)17-12-16(22-13(2)23-17)24-15-6-4-5-14(11-15)18(19,20)21/h4-6,11-12H,3,7-10H2,1-2H3,(H,22,23,24). The molecule has 5 nitrogen and oxygen atoms in total. The molecule has 1 fully saturated rings. The number of hydrogen-bond acceptors (Lipinski definition) is 5. The van der Waals surface area contributed by atoms with Gasteiger partial charge in [0.05, 0.1) is 5.56 Å². The maximum absolute atomic E-state index is 12.9. The van der Waals surface area contributed by atoms with Crippen LogP contribution in [0.15, 0.2) is 30.3 Å². The molecule has 0 spiro atoms. The van der Waals surface area contributed by atoms with Gasteiger partial charge in [-0.25, -0.2) is 9.97 Å². The molecule has 0 amide bonds. The second-order valence-corrected chi connectivity index (χ2v) is 6.28. The van der Waals surface area contributed by atoms with Crippen LogP contribution in [-0.4, -0.2) is 47.6 Å². The molecule has 0 aliphatic carbocycles. The number of nitrogens with one attached hydrogen (secondary N) is 1. The van der Waals surface area contributed by atoms with Crippen LogP contribution in [-0.2, 0) is 6.18 Å². The second-order valence-electron chi connectivity index (χ2n) is 6.28. The van der Waals surface area contributed by atoms with Gasteiger partial charge in [-0.2, -0.15) is 13.2 Å². The van der Waals surface area contributed by atoms with E-state index in [1.807, 2.05) is 0 Å². The Morgan fingerprint density at radius 3 is 2.46 bits per heavy atom. The summed E-state index contributed by atoms with van der Waals surface area (Å²) in [4.78, 5) is 13.3. The van der Waals surface area contributed by atoms with Gasteiger partial charge in [-0.3, -0.25) is 0 Å². The average molecular weight is 365 g/mol. The lowest BCUT2D eigenvalue weighted by Crippen LogP contribution is -2.46. The molecule has 1 saturated heterocycles. The smallest absolute Gasteiger partial charge is 0.354 e. The van der Waals surface area contributed by atoms with E-state index < -0.39 is 11.7 Å². The van der Waals surface area contributed by atoms with Crippen LogP contribution in [0.3, 0.4) is 0 Å².